The van der Waals surface area contributed by atoms with Crippen LogP contribution in [0.4, 0.5) is 0 Å². The van der Waals surface area contributed by atoms with Gasteiger partial charge >= 0.3 is 0 Å². The second-order valence-corrected chi connectivity index (χ2v) is 5.74. The van der Waals surface area contributed by atoms with E-state index in [1.807, 2.05) is 0 Å². The standard InChI is InChI=1S/C18H16O/c1-11(19)16-10-17-12-6-2-4-8-14(12)18(16)15-9-5-3-7-13(15)17/h2-9,16-18H,10H2,1H3/t16-,17?,18?/m0/s1. The van der Waals surface area contributed by atoms with E-state index in [0.717, 1.165) is 6.42 Å². The van der Waals surface area contributed by atoms with Crippen molar-refractivity contribution in [3.63, 3.8) is 0 Å². The van der Waals surface area contributed by atoms with E-state index in [2.05, 4.69) is 48.5 Å². The van der Waals surface area contributed by atoms with Crippen LogP contribution in [-0.2, 0) is 4.79 Å². The third-order valence-electron chi connectivity index (χ3n) is 4.83. The number of carbonyl (C=O) groups is 1. The summed E-state index contributed by atoms with van der Waals surface area (Å²) in [7, 11) is 0. The van der Waals surface area contributed by atoms with E-state index < -0.39 is 0 Å². The van der Waals surface area contributed by atoms with Gasteiger partial charge < -0.3 is 0 Å². The van der Waals surface area contributed by atoms with Crippen molar-refractivity contribution in [3.8, 4) is 0 Å². The van der Waals surface area contributed by atoms with Gasteiger partial charge in [0.15, 0.2) is 0 Å². The molecular formula is C18H16O. The number of hydrogen-bond donors (Lipinski definition) is 0. The van der Waals surface area contributed by atoms with Crippen LogP contribution in [0.15, 0.2) is 48.5 Å². The van der Waals surface area contributed by atoms with Crippen LogP contribution in [0.5, 0.6) is 0 Å². The fraction of sp³-hybridized carbons (Fsp3) is 0.278. The quantitative estimate of drug-likeness (QED) is 0.748. The Morgan fingerprint density at radius 3 is 1.84 bits per heavy atom. The van der Waals surface area contributed by atoms with E-state index >= 15 is 0 Å². The van der Waals surface area contributed by atoms with Crippen LogP contribution >= 0.6 is 0 Å². The molecule has 3 aliphatic rings. The van der Waals surface area contributed by atoms with Crippen LogP contribution in [-0.4, -0.2) is 5.78 Å². The lowest BCUT2D eigenvalue weighted by Crippen LogP contribution is -2.35. The van der Waals surface area contributed by atoms with Gasteiger partial charge in [-0.3, -0.25) is 4.79 Å². The van der Waals surface area contributed by atoms with Gasteiger partial charge in [0.25, 0.3) is 0 Å². The maximum atomic E-state index is 12.0. The Balaban J connectivity index is 2.01. The molecule has 0 amide bonds. The highest BCUT2D eigenvalue weighted by molar-refractivity contribution is 5.82. The average molecular weight is 248 g/mol. The van der Waals surface area contributed by atoms with Gasteiger partial charge in [-0.1, -0.05) is 48.5 Å². The van der Waals surface area contributed by atoms with Crippen molar-refractivity contribution in [2.24, 2.45) is 5.92 Å². The first-order valence-electron chi connectivity index (χ1n) is 6.95. The molecule has 0 fully saturated rings. The normalized spacial score (nSPS) is 26.7. The van der Waals surface area contributed by atoms with Crippen LogP contribution < -0.4 is 0 Å². The Morgan fingerprint density at radius 2 is 1.37 bits per heavy atom. The van der Waals surface area contributed by atoms with E-state index in [0.29, 0.717) is 11.7 Å². The highest BCUT2D eigenvalue weighted by atomic mass is 16.1. The topological polar surface area (TPSA) is 17.1 Å². The van der Waals surface area contributed by atoms with Gasteiger partial charge in [0, 0.05) is 17.8 Å². The van der Waals surface area contributed by atoms with Crippen molar-refractivity contribution in [2.75, 3.05) is 0 Å². The summed E-state index contributed by atoms with van der Waals surface area (Å²) in [6.07, 6.45) is 0.980. The number of ketones is 1. The number of hydrogen-bond acceptors (Lipinski definition) is 1. The zero-order valence-corrected chi connectivity index (χ0v) is 11.0. The van der Waals surface area contributed by atoms with Gasteiger partial charge in [0.05, 0.1) is 0 Å². The van der Waals surface area contributed by atoms with E-state index in [4.69, 9.17) is 0 Å². The van der Waals surface area contributed by atoms with Gasteiger partial charge in [-0.2, -0.15) is 0 Å². The largest absolute Gasteiger partial charge is 0.300 e. The molecule has 0 unspecified atom stereocenters. The third-order valence-corrected chi connectivity index (χ3v) is 4.83. The molecule has 2 aromatic carbocycles. The molecule has 1 heteroatoms. The molecule has 1 atom stereocenters. The Morgan fingerprint density at radius 1 is 0.895 bits per heavy atom. The Hall–Kier alpha value is -1.89. The Labute approximate surface area is 113 Å². The van der Waals surface area contributed by atoms with Crippen LogP contribution in [0.25, 0.3) is 0 Å². The predicted molar refractivity (Wildman–Crippen MR) is 75.4 cm³/mol. The highest BCUT2D eigenvalue weighted by Crippen LogP contribution is 2.55. The van der Waals surface area contributed by atoms with Crippen LogP contribution in [0, 0.1) is 5.92 Å². The first-order chi connectivity index (χ1) is 9.27. The van der Waals surface area contributed by atoms with Crippen molar-refractivity contribution >= 4 is 5.78 Å². The zero-order valence-electron chi connectivity index (χ0n) is 11.0. The molecule has 0 aromatic heterocycles. The van der Waals surface area contributed by atoms with Crippen molar-refractivity contribution < 1.29 is 4.79 Å². The summed E-state index contributed by atoms with van der Waals surface area (Å²) < 4.78 is 0. The second kappa shape index (κ2) is 3.80. The molecule has 0 heterocycles. The monoisotopic (exact) mass is 248 g/mol. The molecule has 2 bridgehead atoms. The van der Waals surface area contributed by atoms with Crippen molar-refractivity contribution in [2.45, 2.75) is 25.2 Å². The molecule has 0 spiro atoms. The summed E-state index contributed by atoms with van der Waals surface area (Å²) in [5, 5.41) is 0. The smallest absolute Gasteiger partial charge is 0.133 e. The molecule has 3 aliphatic carbocycles. The number of Topliss-reactive ketones (excluding diaryl/α,β-unsaturated/α-hetero) is 1. The molecule has 0 saturated carbocycles. The fourth-order valence-electron chi connectivity index (χ4n) is 4.04. The number of carbonyl (C=O) groups excluding carboxylic acids is 1. The van der Waals surface area contributed by atoms with Gasteiger partial charge in [-0.05, 0) is 35.6 Å². The second-order valence-electron chi connectivity index (χ2n) is 5.74. The minimum absolute atomic E-state index is 0.162. The summed E-state index contributed by atoms with van der Waals surface area (Å²) in [5.74, 6) is 1.18. The van der Waals surface area contributed by atoms with E-state index in [1.165, 1.54) is 22.3 Å². The van der Waals surface area contributed by atoms with Gasteiger partial charge in [0.1, 0.15) is 5.78 Å². The minimum Gasteiger partial charge on any atom is -0.300 e. The molecule has 19 heavy (non-hydrogen) atoms. The molecule has 2 aromatic rings. The van der Waals surface area contributed by atoms with Crippen molar-refractivity contribution in [3.05, 3.63) is 70.8 Å². The summed E-state index contributed by atoms with van der Waals surface area (Å²) in [6, 6.07) is 17.3. The lowest BCUT2D eigenvalue weighted by molar-refractivity contribution is -0.121. The molecule has 5 rings (SSSR count). The molecule has 0 radical (unpaired) electrons. The Bertz CT molecular complexity index is 623. The van der Waals surface area contributed by atoms with Crippen molar-refractivity contribution in [1.29, 1.82) is 0 Å². The van der Waals surface area contributed by atoms with Gasteiger partial charge in [-0.25, -0.2) is 0 Å². The first-order valence-corrected chi connectivity index (χ1v) is 6.95. The van der Waals surface area contributed by atoms with Crippen LogP contribution in [0.3, 0.4) is 0 Å². The fourth-order valence-corrected chi connectivity index (χ4v) is 4.04. The summed E-state index contributed by atoms with van der Waals surface area (Å²) >= 11 is 0. The van der Waals surface area contributed by atoms with Gasteiger partial charge in [0.2, 0.25) is 0 Å². The third kappa shape index (κ3) is 1.39. The molecular weight excluding hydrogens is 232 g/mol. The SMILES string of the molecule is CC(=O)[C@@H]1CC2c3ccccc3C1c1ccccc12. The lowest BCUT2D eigenvalue weighted by atomic mass is 9.58. The lowest BCUT2D eigenvalue weighted by Gasteiger charge is -2.44. The summed E-state index contributed by atoms with van der Waals surface area (Å²) in [5.41, 5.74) is 5.61. The van der Waals surface area contributed by atoms with Crippen LogP contribution in [0.1, 0.15) is 47.4 Å². The minimum atomic E-state index is 0.162. The molecule has 94 valence electrons. The molecule has 1 nitrogen and oxygen atoms in total. The average Bonchev–Trinajstić information content (AvgIpc) is 2.47. The maximum Gasteiger partial charge on any atom is 0.133 e. The van der Waals surface area contributed by atoms with Crippen molar-refractivity contribution in [1.82, 2.24) is 0 Å². The number of benzene rings is 2. The maximum absolute atomic E-state index is 12.0. The van der Waals surface area contributed by atoms with E-state index in [9.17, 15) is 4.79 Å². The number of rotatable bonds is 1. The molecule has 0 N–H and O–H groups in total. The zero-order chi connectivity index (χ0) is 13.0. The van der Waals surface area contributed by atoms with Crippen LogP contribution in [0.2, 0.25) is 0 Å². The van der Waals surface area contributed by atoms with Gasteiger partial charge in [-0.15, -0.1) is 0 Å². The van der Waals surface area contributed by atoms with E-state index in [1.54, 1.807) is 6.92 Å². The first kappa shape index (κ1) is 11.0. The summed E-state index contributed by atoms with van der Waals surface area (Å²) in [6.45, 7) is 1.75. The Kier molecular flexibility index (Phi) is 2.20. The summed E-state index contributed by atoms with van der Waals surface area (Å²) in [4.78, 5) is 12.0. The van der Waals surface area contributed by atoms with E-state index in [-0.39, 0.29) is 11.8 Å². The highest BCUT2D eigenvalue weighted by Gasteiger charge is 2.44. The molecule has 0 aliphatic heterocycles. The predicted octanol–water partition coefficient (Wildman–Crippen LogP) is 3.87. The number of fused-ring (bicyclic) bond motifs is 1. The molecule has 0 saturated heterocycles.